The lowest BCUT2D eigenvalue weighted by Crippen LogP contribution is -2.24. The molecule has 0 aliphatic carbocycles. The maximum atomic E-state index is 9.63. The predicted octanol–water partition coefficient (Wildman–Crippen LogP) is 3.03. The van der Waals surface area contributed by atoms with Crippen molar-refractivity contribution in [3.05, 3.63) is 53.6 Å². The van der Waals surface area contributed by atoms with E-state index in [2.05, 4.69) is 15.8 Å². The highest BCUT2D eigenvalue weighted by molar-refractivity contribution is 7.80. The molecule has 0 aliphatic heterocycles. The zero-order valence-electron chi connectivity index (χ0n) is 12.3. The van der Waals surface area contributed by atoms with Crippen molar-refractivity contribution in [1.29, 1.82) is 0 Å². The first-order valence-corrected chi connectivity index (χ1v) is 7.03. The highest BCUT2D eigenvalue weighted by atomic mass is 32.1. The monoisotopic (exact) mass is 315 g/mol. The van der Waals surface area contributed by atoms with Gasteiger partial charge in [0.05, 0.1) is 19.0 Å². The summed E-state index contributed by atoms with van der Waals surface area (Å²) in [4.78, 5) is 0. The molecule has 0 saturated carbocycles. The molecule has 2 aromatic rings. The fourth-order valence-corrected chi connectivity index (χ4v) is 1.99. The summed E-state index contributed by atoms with van der Waals surface area (Å²) in [6, 6.07) is 12.7. The van der Waals surface area contributed by atoms with E-state index >= 15 is 0 Å². The first kappa shape index (κ1) is 15.8. The smallest absolute Gasteiger partial charge is 0.191 e. The number of phenolic OH excluding ortho intramolecular Hbond substituents is 1. The number of hydrazone groups is 1. The third-order valence-corrected chi connectivity index (χ3v) is 3.10. The third-order valence-electron chi connectivity index (χ3n) is 2.91. The number of phenols is 1. The summed E-state index contributed by atoms with van der Waals surface area (Å²) in [5, 5.41) is 17.0. The van der Waals surface area contributed by atoms with Gasteiger partial charge in [0.15, 0.2) is 5.11 Å². The summed E-state index contributed by atoms with van der Waals surface area (Å²) in [7, 11) is 1.60. The van der Waals surface area contributed by atoms with Crippen LogP contribution in [0.2, 0.25) is 0 Å². The molecule has 114 valence electrons. The number of para-hydroxylation sites is 1. The van der Waals surface area contributed by atoms with E-state index in [1.54, 1.807) is 25.3 Å². The highest BCUT2D eigenvalue weighted by Gasteiger charge is 2.04. The number of anilines is 1. The maximum absolute atomic E-state index is 9.63. The Hall–Kier alpha value is -2.60. The van der Waals surface area contributed by atoms with Crippen molar-refractivity contribution in [1.82, 2.24) is 5.43 Å². The van der Waals surface area contributed by atoms with E-state index in [4.69, 9.17) is 17.0 Å². The van der Waals surface area contributed by atoms with Gasteiger partial charge in [0.2, 0.25) is 0 Å². The number of hydrogen-bond donors (Lipinski definition) is 3. The number of ether oxygens (including phenoxy) is 1. The Labute approximate surface area is 134 Å². The normalized spacial score (nSPS) is 10.5. The zero-order chi connectivity index (χ0) is 15.9. The van der Waals surface area contributed by atoms with Crippen molar-refractivity contribution in [3.8, 4) is 11.5 Å². The summed E-state index contributed by atoms with van der Waals surface area (Å²) >= 11 is 5.18. The summed E-state index contributed by atoms with van der Waals surface area (Å²) < 4.78 is 5.27. The molecule has 0 fully saturated rings. The fraction of sp³-hybridized carbons (Fsp3) is 0.125. The number of hydrogen-bond acceptors (Lipinski definition) is 4. The van der Waals surface area contributed by atoms with Crippen LogP contribution in [0.15, 0.2) is 47.6 Å². The van der Waals surface area contributed by atoms with Crippen LogP contribution < -0.4 is 15.5 Å². The Morgan fingerprint density at radius 2 is 2.05 bits per heavy atom. The van der Waals surface area contributed by atoms with E-state index in [0.29, 0.717) is 16.4 Å². The van der Waals surface area contributed by atoms with E-state index in [1.807, 2.05) is 31.2 Å². The van der Waals surface area contributed by atoms with Gasteiger partial charge in [0.25, 0.3) is 0 Å². The molecule has 6 heteroatoms. The largest absolute Gasteiger partial charge is 0.507 e. The molecule has 3 N–H and O–H groups in total. The van der Waals surface area contributed by atoms with Crippen LogP contribution in [0.5, 0.6) is 11.5 Å². The van der Waals surface area contributed by atoms with Crippen LogP contribution in [0, 0.1) is 6.92 Å². The van der Waals surface area contributed by atoms with Gasteiger partial charge in [-0.1, -0.05) is 18.2 Å². The predicted molar refractivity (Wildman–Crippen MR) is 92.8 cm³/mol. The van der Waals surface area contributed by atoms with Crippen LogP contribution in [0.3, 0.4) is 0 Å². The molecule has 0 saturated heterocycles. The molecule has 0 radical (unpaired) electrons. The van der Waals surface area contributed by atoms with Crippen molar-refractivity contribution in [2.75, 3.05) is 12.4 Å². The summed E-state index contributed by atoms with van der Waals surface area (Å²) in [6.45, 7) is 1.98. The van der Waals surface area contributed by atoms with E-state index in [0.717, 1.165) is 11.3 Å². The number of methoxy groups -OCH3 is 1. The topological polar surface area (TPSA) is 65.9 Å². The molecule has 0 amide bonds. The molecule has 0 bridgehead atoms. The molecule has 0 atom stereocenters. The van der Waals surface area contributed by atoms with Gasteiger partial charge in [-0.05, 0) is 49.0 Å². The minimum atomic E-state index is 0.160. The van der Waals surface area contributed by atoms with Gasteiger partial charge in [0, 0.05) is 5.56 Å². The Morgan fingerprint density at radius 1 is 1.27 bits per heavy atom. The lowest BCUT2D eigenvalue weighted by Gasteiger charge is -2.12. The fourth-order valence-electron chi connectivity index (χ4n) is 1.83. The summed E-state index contributed by atoms with van der Waals surface area (Å²) in [5.74, 6) is 0.853. The number of rotatable bonds is 4. The van der Waals surface area contributed by atoms with Gasteiger partial charge >= 0.3 is 0 Å². The molecule has 2 aromatic carbocycles. The number of thiocarbonyl (C=S) groups is 1. The quantitative estimate of drug-likeness (QED) is 0.460. The van der Waals surface area contributed by atoms with E-state index < -0.39 is 0 Å². The average molecular weight is 315 g/mol. The van der Waals surface area contributed by atoms with Crippen molar-refractivity contribution in [2.24, 2.45) is 5.10 Å². The molecule has 0 aromatic heterocycles. The summed E-state index contributed by atoms with van der Waals surface area (Å²) in [6.07, 6.45) is 1.50. The standard InChI is InChI=1S/C16H17N3O2S/c1-11-7-8-15(21-2)13(9-11)18-16(22)19-17-10-12-5-3-4-6-14(12)20/h3-10,20H,1-2H3,(H2,18,19,22)/b17-10+. The first-order valence-electron chi connectivity index (χ1n) is 6.63. The van der Waals surface area contributed by atoms with Crippen molar-refractivity contribution < 1.29 is 9.84 Å². The van der Waals surface area contributed by atoms with Crippen LogP contribution in [-0.4, -0.2) is 23.5 Å². The Bertz CT molecular complexity index is 702. The van der Waals surface area contributed by atoms with Gasteiger partial charge < -0.3 is 15.2 Å². The van der Waals surface area contributed by atoms with Crippen molar-refractivity contribution in [3.63, 3.8) is 0 Å². The molecule has 22 heavy (non-hydrogen) atoms. The molecule has 2 rings (SSSR count). The number of aryl methyl sites for hydroxylation is 1. The molecule has 0 unspecified atom stereocenters. The number of aromatic hydroxyl groups is 1. The van der Waals surface area contributed by atoms with Crippen LogP contribution in [0.4, 0.5) is 5.69 Å². The zero-order valence-corrected chi connectivity index (χ0v) is 13.1. The van der Waals surface area contributed by atoms with Gasteiger partial charge in [-0.25, -0.2) is 0 Å². The maximum Gasteiger partial charge on any atom is 0.191 e. The molecule has 0 heterocycles. The number of benzene rings is 2. The Morgan fingerprint density at radius 3 is 2.77 bits per heavy atom. The third kappa shape index (κ3) is 4.20. The SMILES string of the molecule is COc1ccc(C)cc1NC(=S)N/N=C/c1ccccc1O. The minimum Gasteiger partial charge on any atom is -0.507 e. The first-order chi connectivity index (χ1) is 10.6. The Kier molecular flexibility index (Phi) is 5.32. The molecular formula is C16H17N3O2S. The number of nitrogens with one attached hydrogen (secondary N) is 2. The second-order valence-corrected chi connectivity index (χ2v) is 4.99. The average Bonchev–Trinajstić information content (AvgIpc) is 2.49. The van der Waals surface area contributed by atoms with Crippen LogP contribution >= 0.6 is 12.2 Å². The van der Waals surface area contributed by atoms with Gasteiger partial charge in [-0.2, -0.15) is 5.10 Å². The second-order valence-electron chi connectivity index (χ2n) is 4.59. The lowest BCUT2D eigenvalue weighted by molar-refractivity contribution is 0.417. The lowest BCUT2D eigenvalue weighted by atomic mass is 10.2. The van der Waals surface area contributed by atoms with Crippen LogP contribution in [0.1, 0.15) is 11.1 Å². The van der Waals surface area contributed by atoms with Crippen molar-refractivity contribution >= 4 is 29.2 Å². The van der Waals surface area contributed by atoms with E-state index in [9.17, 15) is 5.11 Å². The van der Waals surface area contributed by atoms with Crippen LogP contribution in [-0.2, 0) is 0 Å². The molecular weight excluding hydrogens is 298 g/mol. The van der Waals surface area contributed by atoms with Gasteiger partial charge in [-0.3, -0.25) is 5.43 Å². The van der Waals surface area contributed by atoms with E-state index in [1.165, 1.54) is 6.21 Å². The van der Waals surface area contributed by atoms with Crippen LogP contribution in [0.25, 0.3) is 0 Å². The summed E-state index contributed by atoms with van der Waals surface area (Å²) in [5.41, 5.74) is 5.15. The second kappa shape index (κ2) is 7.42. The molecule has 5 nitrogen and oxygen atoms in total. The van der Waals surface area contributed by atoms with Crippen molar-refractivity contribution in [2.45, 2.75) is 6.92 Å². The minimum absolute atomic E-state index is 0.160. The molecule has 0 aliphatic rings. The Balaban J connectivity index is 1.99. The van der Waals surface area contributed by atoms with Gasteiger partial charge in [-0.15, -0.1) is 0 Å². The van der Waals surface area contributed by atoms with E-state index in [-0.39, 0.29) is 5.75 Å². The highest BCUT2D eigenvalue weighted by Crippen LogP contribution is 2.24. The molecule has 0 spiro atoms. The van der Waals surface area contributed by atoms with Gasteiger partial charge in [0.1, 0.15) is 11.5 Å². The number of nitrogens with zero attached hydrogens (tertiary/aromatic N) is 1.